The van der Waals surface area contributed by atoms with Crippen LogP contribution in [0.25, 0.3) is 0 Å². The van der Waals surface area contributed by atoms with Crippen LogP contribution in [-0.2, 0) is 26.1 Å². The maximum Gasteiger partial charge on any atom is 3.00 e. The van der Waals surface area contributed by atoms with Crippen molar-refractivity contribution in [2.45, 2.75) is 19.3 Å². The zero-order valence-electron chi connectivity index (χ0n) is 16.1. The van der Waals surface area contributed by atoms with Gasteiger partial charge in [0.05, 0.1) is 17.9 Å². The van der Waals surface area contributed by atoms with Gasteiger partial charge in [0.2, 0.25) is 5.91 Å². The van der Waals surface area contributed by atoms with Crippen molar-refractivity contribution in [3.8, 4) is 0 Å². The second kappa shape index (κ2) is 11.5. The Labute approximate surface area is 181 Å². The van der Waals surface area contributed by atoms with E-state index in [-0.39, 0.29) is 28.9 Å². The number of hydrogen-bond donors (Lipinski definition) is 2. The summed E-state index contributed by atoms with van der Waals surface area (Å²) in [5.74, 6) is -1.07. The van der Waals surface area contributed by atoms with Gasteiger partial charge in [-0.3, -0.25) is 19.5 Å². The Balaban J connectivity index is 0.00000300. The van der Waals surface area contributed by atoms with Crippen molar-refractivity contribution in [1.82, 2.24) is 4.90 Å². The minimum atomic E-state index is -1.000. The maximum atomic E-state index is 12.6. The summed E-state index contributed by atoms with van der Waals surface area (Å²) in [6, 6.07) is 16.8. The number of rotatable bonds is 7. The zero-order valence-corrected chi connectivity index (χ0v) is 17.1. The molecule has 0 spiro atoms. The molecule has 1 aliphatic heterocycles. The third-order valence-corrected chi connectivity index (χ3v) is 4.69. The van der Waals surface area contributed by atoms with Gasteiger partial charge in [0.15, 0.2) is 0 Å². The summed E-state index contributed by atoms with van der Waals surface area (Å²) in [5, 5.41) is 12.1. The number of anilines is 1. The summed E-state index contributed by atoms with van der Waals surface area (Å²) in [4.78, 5) is 30.1. The van der Waals surface area contributed by atoms with E-state index in [1.54, 1.807) is 0 Å². The van der Waals surface area contributed by atoms with Crippen molar-refractivity contribution in [2.24, 2.45) is 4.99 Å². The maximum absolute atomic E-state index is 12.6. The Morgan fingerprint density at radius 2 is 1.62 bits per heavy atom. The normalized spacial score (nSPS) is 14.7. The molecule has 1 aliphatic rings. The number of carbonyl (C=O) groups excluding carboxylic acids is 1. The van der Waals surface area contributed by atoms with E-state index in [1.807, 2.05) is 54.6 Å². The van der Waals surface area contributed by atoms with Crippen LogP contribution >= 0.6 is 0 Å². The zero-order chi connectivity index (χ0) is 19.8. The van der Waals surface area contributed by atoms with Gasteiger partial charge in [-0.25, -0.2) is 0 Å². The first kappa shape index (κ1) is 22.8. The average molecular weight is 438 g/mol. The number of amides is 1. The monoisotopic (exact) mass is 437 g/mol. The van der Waals surface area contributed by atoms with Gasteiger partial charge in [-0.1, -0.05) is 55.0 Å². The number of benzene rings is 2. The number of nitrogens with one attached hydrogen (secondary N) is 1. The molecule has 1 heterocycles. The quantitative estimate of drug-likeness (QED) is 0.515. The van der Waals surface area contributed by atoms with Gasteiger partial charge in [0.25, 0.3) is 0 Å². The number of likely N-dealkylation sites (tertiary alicyclic amines) is 1. The molecule has 0 aromatic heterocycles. The molecule has 3 rings (SSSR count). The van der Waals surface area contributed by atoms with Crippen molar-refractivity contribution >= 4 is 23.3 Å². The number of hydrogen-bond acceptors (Lipinski definition) is 4. The van der Waals surface area contributed by atoms with Crippen LogP contribution in [0.15, 0.2) is 59.6 Å². The van der Waals surface area contributed by atoms with Gasteiger partial charge in [-0.2, -0.15) is 0 Å². The largest absolute Gasteiger partial charge is 3.00 e. The Bertz CT molecular complexity index is 849. The van der Waals surface area contributed by atoms with Gasteiger partial charge < -0.3 is 10.4 Å². The fraction of sp³-hybridized carbons (Fsp3) is 0.318. The molecule has 153 valence electrons. The van der Waals surface area contributed by atoms with Crippen molar-refractivity contribution in [3.05, 3.63) is 65.7 Å². The number of carbonyl (C=O) groups is 2. The Hall–Kier alpha value is -2.50. The van der Waals surface area contributed by atoms with E-state index < -0.39 is 5.97 Å². The molecule has 1 amide bonds. The molecule has 2 N–H and O–H groups in total. The van der Waals surface area contributed by atoms with Crippen LogP contribution in [0.3, 0.4) is 0 Å². The molecule has 29 heavy (non-hydrogen) atoms. The second-order valence-electron chi connectivity index (χ2n) is 6.86. The number of piperidine rings is 1. The van der Waals surface area contributed by atoms with Crippen LogP contribution in [-0.4, -0.2) is 53.8 Å². The predicted octanol–water partition coefficient (Wildman–Crippen LogP) is 3.03. The molecule has 7 heteroatoms. The SMILES string of the molecule is O=C(O)CN=C(c1ccccc1)c1ccccc1NC(=O)CN1CCCCC1.[Ni+3]. The Kier molecular flexibility index (Phi) is 9.03. The van der Waals surface area contributed by atoms with Gasteiger partial charge in [-0.15, -0.1) is 0 Å². The molecule has 2 aromatic rings. The molecular formula is C22H25N3NiO3+3. The van der Waals surface area contributed by atoms with Gasteiger partial charge in [-0.05, 0) is 32.0 Å². The van der Waals surface area contributed by atoms with E-state index in [9.17, 15) is 9.59 Å². The molecule has 0 saturated carbocycles. The fourth-order valence-corrected chi connectivity index (χ4v) is 3.38. The summed E-state index contributed by atoms with van der Waals surface area (Å²) < 4.78 is 0. The first-order valence-electron chi connectivity index (χ1n) is 9.57. The van der Waals surface area contributed by atoms with E-state index in [0.29, 0.717) is 23.5 Å². The van der Waals surface area contributed by atoms with E-state index >= 15 is 0 Å². The van der Waals surface area contributed by atoms with Crippen LogP contribution in [0.5, 0.6) is 0 Å². The summed E-state index contributed by atoms with van der Waals surface area (Å²) in [5.41, 5.74) is 2.71. The number of aliphatic carboxylic acids is 1. The fourth-order valence-electron chi connectivity index (χ4n) is 3.38. The van der Waals surface area contributed by atoms with E-state index in [2.05, 4.69) is 15.2 Å². The van der Waals surface area contributed by atoms with Crippen LogP contribution in [0.1, 0.15) is 30.4 Å². The standard InChI is InChI=1S/C22H25N3O3.Ni/c26-20(16-25-13-7-2-8-14-25)24-19-12-6-5-11-18(19)22(23-15-21(27)28)17-9-3-1-4-10-17;/h1,3-6,9-12H,2,7-8,13-16H2,(H,24,26)(H,27,28);/q;+3. The van der Waals surface area contributed by atoms with Gasteiger partial charge in [0.1, 0.15) is 6.54 Å². The van der Waals surface area contributed by atoms with Gasteiger partial charge in [0, 0.05) is 11.1 Å². The molecule has 6 nitrogen and oxygen atoms in total. The summed E-state index contributed by atoms with van der Waals surface area (Å²) >= 11 is 0. The van der Waals surface area contributed by atoms with Crippen molar-refractivity contribution in [2.75, 3.05) is 31.5 Å². The van der Waals surface area contributed by atoms with Gasteiger partial charge >= 0.3 is 22.5 Å². The Morgan fingerprint density at radius 1 is 0.966 bits per heavy atom. The minimum Gasteiger partial charge on any atom is -0.480 e. The number of carboxylic acid groups (broad SMARTS) is 1. The average Bonchev–Trinajstić information content (AvgIpc) is 2.70. The van der Waals surface area contributed by atoms with E-state index in [1.165, 1.54) is 6.42 Å². The third-order valence-electron chi connectivity index (χ3n) is 4.69. The Morgan fingerprint density at radius 3 is 2.31 bits per heavy atom. The molecule has 2 aromatic carbocycles. The predicted molar refractivity (Wildman–Crippen MR) is 110 cm³/mol. The molecule has 1 radical (unpaired) electrons. The summed E-state index contributed by atoms with van der Waals surface area (Å²) in [7, 11) is 0. The summed E-state index contributed by atoms with van der Waals surface area (Å²) in [6.45, 7) is 1.93. The molecule has 0 unspecified atom stereocenters. The van der Waals surface area contributed by atoms with Crippen LogP contribution in [0, 0.1) is 0 Å². The molecule has 1 fully saturated rings. The number of carboxylic acids is 1. The molecule has 0 atom stereocenters. The molecule has 0 bridgehead atoms. The molecule has 0 aliphatic carbocycles. The van der Waals surface area contributed by atoms with E-state index in [0.717, 1.165) is 31.5 Å². The van der Waals surface area contributed by atoms with Crippen LogP contribution in [0.2, 0.25) is 0 Å². The van der Waals surface area contributed by atoms with Crippen molar-refractivity contribution in [1.29, 1.82) is 0 Å². The second-order valence-corrected chi connectivity index (χ2v) is 6.86. The van der Waals surface area contributed by atoms with Crippen molar-refractivity contribution < 1.29 is 31.2 Å². The number of aliphatic imine (C=N–C) groups is 1. The molecule has 1 saturated heterocycles. The van der Waals surface area contributed by atoms with Crippen LogP contribution in [0.4, 0.5) is 5.69 Å². The number of para-hydroxylation sites is 1. The number of nitrogens with zero attached hydrogens (tertiary/aromatic N) is 2. The topological polar surface area (TPSA) is 82.0 Å². The first-order valence-corrected chi connectivity index (χ1v) is 9.57. The minimum absolute atomic E-state index is 0. The third kappa shape index (κ3) is 6.80. The summed E-state index contributed by atoms with van der Waals surface area (Å²) in [6.07, 6.45) is 3.48. The first-order chi connectivity index (χ1) is 13.6. The van der Waals surface area contributed by atoms with Crippen LogP contribution < -0.4 is 5.32 Å². The van der Waals surface area contributed by atoms with E-state index in [4.69, 9.17) is 5.11 Å². The molecular weight excluding hydrogens is 413 g/mol. The van der Waals surface area contributed by atoms with Crippen molar-refractivity contribution in [3.63, 3.8) is 0 Å². The smallest absolute Gasteiger partial charge is 0.480 e.